The Bertz CT molecular complexity index is 1210. The number of carbonyl (C=O) groups is 2. The van der Waals surface area contributed by atoms with E-state index >= 15 is 0 Å². The van der Waals surface area contributed by atoms with E-state index < -0.39 is 6.04 Å². The quantitative estimate of drug-likeness (QED) is 0.303. The summed E-state index contributed by atoms with van der Waals surface area (Å²) in [6.07, 6.45) is 0.410. The zero-order chi connectivity index (χ0) is 26.9. The molecule has 5 nitrogen and oxygen atoms in total. The first kappa shape index (κ1) is 28.5. The van der Waals surface area contributed by atoms with E-state index in [0.29, 0.717) is 31.2 Å². The lowest BCUT2D eigenvalue weighted by atomic mass is 10.0. The Hall–Kier alpha value is -3.12. The van der Waals surface area contributed by atoms with Crippen LogP contribution in [0.5, 0.6) is 5.75 Å². The number of rotatable bonds is 11. The summed E-state index contributed by atoms with van der Waals surface area (Å²) in [7, 11) is 0. The molecule has 0 unspecified atom stereocenters. The van der Waals surface area contributed by atoms with Crippen LogP contribution in [0.3, 0.4) is 0 Å². The molecule has 0 saturated heterocycles. The highest BCUT2D eigenvalue weighted by molar-refractivity contribution is 9.10. The lowest BCUT2D eigenvalue weighted by molar-refractivity contribution is -0.142. The number of hydrogen-bond acceptors (Lipinski definition) is 3. The highest BCUT2D eigenvalue weighted by Gasteiger charge is 2.31. The van der Waals surface area contributed by atoms with Gasteiger partial charge in [0.05, 0.1) is 0 Å². The van der Waals surface area contributed by atoms with Gasteiger partial charge in [0, 0.05) is 24.0 Å². The fourth-order valence-corrected chi connectivity index (χ4v) is 4.63. The molecule has 2 amide bonds. The molecule has 196 valence electrons. The molecular formula is C31H37BrN2O3. The first-order valence-electron chi connectivity index (χ1n) is 12.7. The van der Waals surface area contributed by atoms with Crippen molar-refractivity contribution < 1.29 is 14.3 Å². The molecular weight excluding hydrogens is 528 g/mol. The highest BCUT2D eigenvalue weighted by atomic mass is 79.9. The van der Waals surface area contributed by atoms with Crippen molar-refractivity contribution in [1.29, 1.82) is 0 Å². The summed E-state index contributed by atoms with van der Waals surface area (Å²) in [6, 6.07) is 21.0. The standard InChI is InChI=1S/C31H37BrN2O3/c1-21(2)18-33-31(36)28(17-25-10-7-6-8-11-25)34(19-26-12-9-13-27(32)16-26)30(35)20-37-29-15-22(3)14-23(4)24(29)5/h6-16,21,28H,17-20H2,1-5H3,(H,33,36)/t28-/m0/s1. The summed E-state index contributed by atoms with van der Waals surface area (Å²) in [5, 5.41) is 3.05. The third-order valence-corrected chi connectivity index (χ3v) is 6.81. The molecule has 0 aliphatic heterocycles. The maximum atomic E-state index is 13.8. The van der Waals surface area contributed by atoms with Gasteiger partial charge in [-0.3, -0.25) is 9.59 Å². The molecule has 0 aromatic heterocycles. The molecule has 0 heterocycles. The molecule has 1 atom stereocenters. The largest absolute Gasteiger partial charge is 0.483 e. The predicted octanol–water partition coefficient (Wildman–Crippen LogP) is 6.17. The number of benzene rings is 3. The fraction of sp³-hybridized carbons (Fsp3) is 0.355. The van der Waals surface area contributed by atoms with Crippen LogP contribution in [0, 0.1) is 26.7 Å². The van der Waals surface area contributed by atoms with Crippen LogP contribution >= 0.6 is 15.9 Å². The average molecular weight is 566 g/mol. The van der Waals surface area contributed by atoms with E-state index in [1.165, 1.54) is 0 Å². The zero-order valence-corrected chi connectivity index (χ0v) is 24.0. The monoisotopic (exact) mass is 564 g/mol. The van der Waals surface area contributed by atoms with Gasteiger partial charge >= 0.3 is 0 Å². The van der Waals surface area contributed by atoms with Crippen LogP contribution in [0.4, 0.5) is 0 Å². The molecule has 37 heavy (non-hydrogen) atoms. The van der Waals surface area contributed by atoms with Gasteiger partial charge in [-0.25, -0.2) is 0 Å². The molecule has 0 aliphatic carbocycles. The van der Waals surface area contributed by atoms with Crippen molar-refractivity contribution in [2.75, 3.05) is 13.2 Å². The topological polar surface area (TPSA) is 58.6 Å². The SMILES string of the molecule is Cc1cc(C)c(C)c(OCC(=O)N(Cc2cccc(Br)c2)[C@@H](Cc2ccccc2)C(=O)NCC(C)C)c1. The van der Waals surface area contributed by atoms with E-state index in [1.807, 2.05) is 81.4 Å². The minimum absolute atomic E-state index is 0.152. The number of aryl methyl sites for hydroxylation is 2. The third kappa shape index (κ3) is 8.46. The molecule has 3 aromatic carbocycles. The lowest BCUT2D eigenvalue weighted by Crippen LogP contribution is -2.52. The van der Waals surface area contributed by atoms with Gasteiger partial charge in [0.15, 0.2) is 6.61 Å². The molecule has 0 fully saturated rings. The molecule has 0 saturated carbocycles. The molecule has 0 aliphatic rings. The van der Waals surface area contributed by atoms with Crippen LogP contribution in [0.2, 0.25) is 0 Å². The van der Waals surface area contributed by atoms with E-state index in [9.17, 15) is 9.59 Å². The van der Waals surface area contributed by atoms with Gasteiger partial charge in [0.25, 0.3) is 5.91 Å². The Morgan fingerprint density at radius 3 is 2.32 bits per heavy atom. The normalized spacial score (nSPS) is 11.8. The maximum absolute atomic E-state index is 13.8. The van der Waals surface area contributed by atoms with Gasteiger partial charge in [-0.2, -0.15) is 0 Å². The summed E-state index contributed by atoms with van der Waals surface area (Å²) in [6.45, 7) is 10.8. The van der Waals surface area contributed by atoms with Crippen molar-refractivity contribution in [3.8, 4) is 5.75 Å². The van der Waals surface area contributed by atoms with E-state index in [-0.39, 0.29) is 18.4 Å². The molecule has 1 N–H and O–H groups in total. The number of ether oxygens (including phenoxy) is 1. The van der Waals surface area contributed by atoms with Crippen molar-refractivity contribution >= 4 is 27.7 Å². The summed E-state index contributed by atoms with van der Waals surface area (Å²) >= 11 is 3.53. The van der Waals surface area contributed by atoms with Gasteiger partial charge in [-0.05, 0) is 72.7 Å². The lowest BCUT2D eigenvalue weighted by Gasteiger charge is -2.32. The molecule has 0 bridgehead atoms. The zero-order valence-electron chi connectivity index (χ0n) is 22.4. The molecule has 6 heteroatoms. The van der Waals surface area contributed by atoms with E-state index in [0.717, 1.165) is 32.3 Å². The van der Waals surface area contributed by atoms with Crippen molar-refractivity contribution in [1.82, 2.24) is 10.2 Å². The van der Waals surface area contributed by atoms with E-state index in [4.69, 9.17) is 4.74 Å². The van der Waals surface area contributed by atoms with Crippen molar-refractivity contribution in [2.45, 2.75) is 53.6 Å². The Balaban J connectivity index is 1.93. The van der Waals surface area contributed by atoms with Crippen LogP contribution in [0.25, 0.3) is 0 Å². The van der Waals surface area contributed by atoms with Crippen molar-refractivity contribution in [3.63, 3.8) is 0 Å². The van der Waals surface area contributed by atoms with E-state index in [2.05, 4.69) is 41.2 Å². The summed E-state index contributed by atoms with van der Waals surface area (Å²) in [5.74, 6) is 0.589. The number of halogens is 1. The van der Waals surface area contributed by atoms with Gasteiger partial charge in [0.1, 0.15) is 11.8 Å². The second kappa shape index (κ2) is 13.4. The molecule has 0 spiro atoms. The number of carbonyl (C=O) groups excluding carboxylic acids is 2. The smallest absolute Gasteiger partial charge is 0.261 e. The first-order chi connectivity index (χ1) is 17.6. The van der Waals surface area contributed by atoms with Crippen LogP contribution in [0.1, 0.15) is 41.7 Å². The van der Waals surface area contributed by atoms with E-state index in [1.54, 1.807) is 4.90 Å². The van der Waals surface area contributed by atoms with Crippen LogP contribution in [-0.4, -0.2) is 35.9 Å². The second-order valence-corrected chi connectivity index (χ2v) is 10.9. The summed E-state index contributed by atoms with van der Waals surface area (Å²) in [5.41, 5.74) is 5.12. The van der Waals surface area contributed by atoms with Crippen LogP contribution in [-0.2, 0) is 22.6 Å². The first-order valence-corrected chi connectivity index (χ1v) is 13.5. The number of hydrogen-bond donors (Lipinski definition) is 1. The fourth-order valence-electron chi connectivity index (χ4n) is 4.18. The summed E-state index contributed by atoms with van der Waals surface area (Å²) < 4.78 is 6.97. The highest BCUT2D eigenvalue weighted by Crippen LogP contribution is 2.24. The third-order valence-electron chi connectivity index (χ3n) is 6.31. The number of nitrogens with one attached hydrogen (secondary N) is 1. The van der Waals surface area contributed by atoms with Gasteiger partial charge in [-0.15, -0.1) is 0 Å². The van der Waals surface area contributed by atoms with Gasteiger partial charge < -0.3 is 15.0 Å². The Labute approximate surface area is 229 Å². The molecule has 3 rings (SSSR count). The minimum atomic E-state index is -0.684. The second-order valence-electron chi connectivity index (χ2n) is 9.99. The maximum Gasteiger partial charge on any atom is 0.261 e. The Morgan fingerprint density at radius 1 is 0.946 bits per heavy atom. The Morgan fingerprint density at radius 2 is 1.65 bits per heavy atom. The molecule has 3 aromatic rings. The minimum Gasteiger partial charge on any atom is -0.483 e. The average Bonchev–Trinajstić information content (AvgIpc) is 2.86. The van der Waals surface area contributed by atoms with Gasteiger partial charge in [0.2, 0.25) is 5.91 Å². The van der Waals surface area contributed by atoms with Crippen molar-refractivity contribution in [3.05, 3.63) is 99.0 Å². The Kier molecular flexibility index (Phi) is 10.3. The predicted molar refractivity (Wildman–Crippen MR) is 153 cm³/mol. The molecule has 0 radical (unpaired) electrons. The number of amides is 2. The number of nitrogens with zero attached hydrogens (tertiary/aromatic N) is 1. The summed E-state index contributed by atoms with van der Waals surface area (Å²) in [4.78, 5) is 28.9. The van der Waals surface area contributed by atoms with Gasteiger partial charge in [-0.1, -0.05) is 78.3 Å². The van der Waals surface area contributed by atoms with Crippen LogP contribution in [0.15, 0.2) is 71.2 Å². The van der Waals surface area contributed by atoms with Crippen LogP contribution < -0.4 is 10.1 Å². The van der Waals surface area contributed by atoms with Crippen molar-refractivity contribution in [2.24, 2.45) is 5.92 Å².